The molecule has 0 atom stereocenters. The Balaban J connectivity index is 1.47. The first-order chi connectivity index (χ1) is 23.3. The van der Waals surface area contributed by atoms with Gasteiger partial charge in [-0.25, -0.2) is 9.59 Å². The molecule has 0 aliphatic carbocycles. The van der Waals surface area contributed by atoms with Crippen LogP contribution in [0.25, 0.3) is 21.8 Å². The van der Waals surface area contributed by atoms with Crippen molar-refractivity contribution in [3.05, 3.63) is 71.0 Å². The van der Waals surface area contributed by atoms with Crippen molar-refractivity contribution in [1.82, 2.24) is 20.6 Å². The van der Waals surface area contributed by atoms with Crippen LogP contribution in [0.2, 0.25) is 10.0 Å². The van der Waals surface area contributed by atoms with Crippen molar-refractivity contribution in [1.29, 1.82) is 0 Å². The lowest BCUT2D eigenvalue weighted by Gasteiger charge is -2.18. The molecule has 2 heterocycles. The molecule has 0 aliphatic rings. The number of pyridine rings is 2. The van der Waals surface area contributed by atoms with Crippen molar-refractivity contribution in [2.24, 2.45) is 0 Å². The standard InChI is InChI=1S/C36H44Cl2N6O4/c1-4-6-8-10-16-41-35(45)43-29-20-27(37)25-14-12-18-39-31(25)33(29)47-22-24(3)23-48-34-30(44-36(46)42-17-11-9-7-5-2)21-28(38)26-15-13-19-40-32(26)34/h12-15,18-21H,3-11,16-17,22-23H2,1-2H3,(H2,41,43,45)(H2,42,44,46). The predicted octanol–water partition coefficient (Wildman–Crippen LogP) is 9.51. The normalized spacial score (nSPS) is 10.9. The average molecular weight is 696 g/mol. The molecule has 4 aromatic rings. The number of ether oxygens (including phenoxy) is 2. The Labute approximate surface area is 292 Å². The van der Waals surface area contributed by atoms with Gasteiger partial charge in [-0.15, -0.1) is 0 Å². The molecule has 12 heteroatoms. The number of nitrogens with zero attached hydrogens (tertiary/aromatic N) is 2. The van der Waals surface area contributed by atoms with Gasteiger partial charge in [0.1, 0.15) is 24.2 Å². The Morgan fingerprint density at radius 2 is 1.15 bits per heavy atom. The summed E-state index contributed by atoms with van der Waals surface area (Å²) in [5.74, 6) is 0.711. The zero-order chi connectivity index (χ0) is 34.3. The molecule has 2 aromatic carbocycles. The second kappa shape index (κ2) is 18.9. The van der Waals surface area contributed by atoms with E-state index in [1.165, 1.54) is 0 Å². The number of carbonyl (C=O) groups excluding carboxylic acids is 2. The van der Waals surface area contributed by atoms with Gasteiger partial charge < -0.3 is 30.7 Å². The smallest absolute Gasteiger partial charge is 0.319 e. The number of unbranched alkanes of at least 4 members (excludes halogenated alkanes) is 6. The van der Waals surface area contributed by atoms with Crippen LogP contribution in [-0.4, -0.2) is 48.3 Å². The molecule has 10 nitrogen and oxygen atoms in total. The molecule has 0 saturated carbocycles. The van der Waals surface area contributed by atoms with Gasteiger partial charge in [0, 0.05) is 36.3 Å². The lowest BCUT2D eigenvalue weighted by molar-refractivity contribution is 0.251. The van der Waals surface area contributed by atoms with Crippen molar-refractivity contribution in [3.8, 4) is 11.5 Å². The van der Waals surface area contributed by atoms with E-state index in [9.17, 15) is 9.59 Å². The first kappa shape index (κ1) is 36.6. The van der Waals surface area contributed by atoms with Gasteiger partial charge in [0.05, 0.1) is 21.4 Å². The van der Waals surface area contributed by atoms with E-state index in [0.29, 0.717) is 73.4 Å². The first-order valence-electron chi connectivity index (χ1n) is 16.5. The van der Waals surface area contributed by atoms with Crippen LogP contribution in [-0.2, 0) is 0 Å². The van der Waals surface area contributed by atoms with Crippen LogP contribution in [0.1, 0.15) is 65.2 Å². The summed E-state index contributed by atoms with van der Waals surface area (Å²) < 4.78 is 12.5. The fourth-order valence-electron chi connectivity index (χ4n) is 5.06. The van der Waals surface area contributed by atoms with Gasteiger partial charge in [-0.05, 0) is 54.8 Å². The van der Waals surface area contributed by atoms with E-state index >= 15 is 0 Å². The zero-order valence-electron chi connectivity index (χ0n) is 27.6. The zero-order valence-corrected chi connectivity index (χ0v) is 29.1. The lowest BCUT2D eigenvalue weighted by Crippen LogP contribution is -2.30. The number of hydrogen-bond donors (Lipinski definition) is 4. The molecule has 4 amide bonds. The van der Waals surface area contributed by atoms with Crippen LogP contribution >= 0.6 is 23.2 Å². The van der Waals surface area contributed by atoms with E-state index in [2.05, 4.69) is 51.7 Å². The molecule has 0 aliphatic heterocycles. The molecule has 0 radical (unpaired) electrons. The van der Waals surface area contributed by atoms with Gasteiger partial charge >= 0.3 is 12.1 Å². The van der Waals surface area contributed by atoms with E-state index in [1.54, 1.807) is 36.7 Å². The molecule has 4 N–H and O–H groups in total. The Morgan fingerprint density at radius 1 is 0.708 bits per heavy atom. The highest BCUT2D eigenvalue weighted by molar-refractivity contribution is 6.36. The van der Waals surface area contributed by atoms with Crippen LogP contribution in [0.5, 0.6) is 11.5 Å². The first-order valence-corrected chi connectivity index (χ1v) is 17.2. The number of rotatable bonds is 18. The van der Waals surface area contributed by atoms with Crippen molar-refractivity contribution in [2.45, 2.75) is 65.2 Å². The number of aromatic nitrogens is 2. The van der Waals surface area contributed by atoms with E-state index in [-0.39, 0.29) is 25.3 Å². The summed E-state index contributed by atoms with van der Waals surface area (Å²) in [6.07, 6.45) is 11.6. The minimum Gasteiger partial charge on any atom is -0.485 e. The third-order valence-electron chi connectivity index (χ3n) is 7.56. The van der Waals surface area contributed by atoms with Gasteiger partial charge in [-0.1, -0.05) is 82.2 Å². The predicted molar refractivity (Wildman–Crippen MR) is 196 cm³/mol. The molecule has 0 saturated heterocycles. The number of benzene rings is 2. The molecule has 0 bridgehead atoms. The largest absolute Gasteiger partial charge is 0.485 e. The quantitative estimate of drug-likeness (QED) is 0.0607. The Morgan fingerprint density at radius 3 is 1.56 bits per heavy atom. The Bertz CT molecular complexity index is 1590. The maximum Gasteiger partial charge on any atom is 0.319 e. The third kappa shape index (κ3) is 10.4. The van der Waals surface area contributed by atoms with Crippen molar-refractivity contribution < 1.29 is 19.1 Å². The van der Waals surface area contributed by atoms with E-state index < -0.39 is 0 Å². The van der Waals surface area contributed by atoms with Gasteiger partial charge in [-0.3, -0.25) is 9.97 Å². The van der Waals surface area contributed by atoms with Crippen LogP contribution in [0.15, 0.2) is 60.9 Å². The Kier molecular flexibility index (Phi) is 14.4. The molecular formula is C36H44Cl2N6O4. The minimum absolute atomic E-state index is 0.0422. The lowest BCUT2D eigenvalue weighted by atomic mass is 10.1. The summed E-state index contributed by atoms with van der Waals surface area (Å²) in [5.41, 5.74) is 2.33. The summed E-state index contributed by atoms with van der Waals surface area (Å²) in [6, 6.07) is 9.80. The van der Waals surface area contributed by atoms with E-state index in [0.717, 1.165) is 51.4 Å². The molecular weight excluding hydrogens is 651 g/mol. The second-order valence-electron chi connectivity index (χ2n) is 11.5. The topological polar surface area (TPSA) is 127 Å². The number of anilines is 2. The van der Waals surface area contributed by atoms with Crippen LogP contribution < -0.4 is 30.7 Å². The van der Waals surface area contributed by atoms with Crippen LogP contribution in [0.4, 0.5) is 21.0 Å². The molecule has 4 rings (SSSR count). The van der Waals surface area contributed by atoms with E-state index in [4.69, 9.17) is 32.7 Å². The number of hydrogen-bond acceptors (Lipinski definition) is 6. The van der Waals surface area contributed by atoms with Crippen LogP contribution in [0, 0.1) is 0 Å². The highest BCUT2D eigenvalue weighted by Gasteiger charge is 2.19. The van der Waals surface area contributed by atoms with Gasteiger partial charge in [0.25, 0.3) is 0 Å². The summed E-state index contributed by atoms with van der Waals surface area (Å²) >= 11 is 13.1. The van der Waals surface area contributed by atoms with Crippen molar-refractivity contribution in [3.63, 3.8) is 0 Å². The SMILES string of the molecule is C=C(COc1c(NC(=O)NCCCCCC)cc(Cl)c2cccnc12)COc1c(NC(=O)NCCCCCC)cc(Cl)c2cccnc12. The number of fused-ring (bicyclic) bond motifs is 2. The third-order valence-corrected chi connectivity index (χ3v) is 8.19. The summed E-state index contributed by atoms with van der Waals surface area (Å²) in [6.45, 7) is 9.63. The summed E-state index contributed by atoms with van der Waals surface area (Å²) in [7, 11) is 0. The average Bonchev–Trinajstić information content (AvgIpc) is 3.08. The number of halogens is 2. The Hall–Kier alpha value is -4.28. The highest BCUT2D eigenvalue weighted by Crippen LogP contribution is 2.39. The molecule has 2 aromatic heterocycles. The van der Waals surface area contributed by atoms with Crippen molar-refractivity contribution >= 4 is 68.4 Å². The maximum absolute atomic E-state index is 12.8. The number of carbonyl (C=O) groups is 2. The molecule has 48 heavy (non-hydrogen) atoms. The number of urea groups is 2. The minimum atomic E-state index is -0.364. The van der Waals surface area contributed by atoms with Gasteiger partial charge in [0.2, 0.25) is 0 Å². The highest BCUT2D eigenvalue weighted by atomic mass is 35.5. The van der Waals surface area contributed by atoms with Crippen LogP contribution in [0.3, 0.4) is 0 Å². The number of nitrogens with one attached hydrogen (secondary N) is 4. The van der Waals surface area contributed by atoms with E-state index in [1.807, 2.05) is 12.1 Å². The maximum atomic E-state index is 12.8. The summed E-state index contributed by atoms with van der Waals surface area (Å²) in [5, 5.41) is 13.7. The van der Waals surface area contributed by atoms with Gasteiger partial charge in [-0.2, -0.15) is 0 Å². The molecule has 0 unspecified atom stereocenters. The fourth-order valence-corrected chi connectivity index (χ4v) is 5.58. The fraction of sp³-hybridized carbons (Fsp3) is 0.389. The second-order valence-corrected chi connectivity index (χ2v) is 12.3. The van der Waals surface area contributed by atoms with Gasteiger partial charge in [0.15, 0.2) is 11.5 Å². The molecule has 256 valence electrons. The summed E-state index contributed by atoms with van der Waals surface area (Å²) in [4.78, 5) is 34.5. The number of amides is 4. The molecule has 0 fully saturated rings. The monoisotopic (exact) mass is 694 g/mol. The van der Waals surface area contributed by atoms with Crippen molar-refractivity contribution in [2.75, 3.05) is 36.9 Å². The molecule has 0 spiro atoms.